The summed E-state index contributed by atoms with van der Waals surface area (Å²) in [7, 11) is 0. The molecule has 1 N–H and O–H groups in total. The second-order valence-electron chi connectivity index (χ2n) is 5.05. The van der Waals surface area contributed by atoms with Crippen LogP contribution in [0.4, 0.5) is 0 Å². The first-order chi connectivity index (χ1) is 7.63. The van der Waals surface area contributed by atoms with E-state index in [0.717, 1.165) is 19.0 Å². The quantitative estimate of drug-likeness (QED) is 0.768. The monoisotopic (exact) mass is 219 g/mol. The van der Waals surface area contributed by atoms with E-state index in [2.05, 4.69) is 57.3 Å². The molecule has 1 unspecified atom stereocenters. The van der Waals surface area contributed by atoms with Crippen molar-refractivity contribution in [1.82, 2.24) is 5.32 Å². The molecule has 0 saturated carbocycles. The highest BCUT2D eigenvalue weighted by atomic mass is 14.8. The molecular formula is C15H25N. The number of likely N-dealkylation sites (N-methyl/N-ethyl adjacent to an activating group) is 1. The molecule has 0 aliphatic rings. The van der Waals surface area contributed by atoms with Gasteiger partial charge in [-0.15, -0.1) is 0 Å². The van der Waals surface area contributed by atoms with Crippen LogP contribution in [-0.2, 0) is 0 Å². The Morgan fingerprint density at radius 1 is 1.25 bits per heavy atom. The lowest BCUT2D eigenvalue weighted by molar-refractivity contribution is 0.475. The van der Waals surface area contributed by atoms with Gasteiger partial charge in [0.05, 0.1) is 0 Å². The Bertz CT molecular complexity index is 304. The Labute approximate surface area is 100 Å². The highest BCUT2D eigenvalue weighted by Crippen LogP contribution is 2.23. The second kappa shape index (κ2) is 6.70. The van der Waals surface area contributed by atoms with Crippen molar-refractivity contribution in [3.63, 3.8) is 0 Å². The Balaban J connectivity index is 2.74. The number of nitrogens with one attached hydrogen (secondary N) is 1. The van der Waals surface area contributed by atoms with E-state index in [4.69, 9.17) is 0 Å². The summed E-state index contributed by atoms with van der Waals surface area (Å²) in [4.78, 5) is 0. The van der Waals surface area contributed by atoms with Gasteiger partial charge in [-0.25, -0.2) is 0 Å². The van der Waals surface area contributed by atoms with Gasteiger partial charge in [0.25, 0.3) is 0 Å². The minimum absolute atomic E-state index is 0.653. The van der Waals surface area contributed by atoms with Gasteiger partial charge in [-0.05, 0) is 37.3 Å². The molecule has 0 saturated heterocycles. The Morgan fingerprint density at radius 3 is 2.56 bits per heavy atom. The van der Waals surface area contributed by atoms with Crippen LogP contribution in [0.3, 0.4) is 0 Å². The van der Waals surface area contributed by atoms with Crippen LogP contribution in [0.15, 0.2) is 24.3 Å². The molecule has 0 fully saturated rings. The summed E-state index contributed by atoms with van der Waals surface area (Å²) in [6, 6.07) is 8.93. The highest BCUT2D eigenvalue weighted by Gasteiger charge is 2.12. The average Bonchev–Trinajstić information content (AvgIpc) is 2.23. The fourth-order valence-electron chi connectivity index (χ4n) is 2.15. The predicted molar refractivity (Wildman–Crippen MR) is 71.9 cm³/mol. The molecule has 0 radical (unpaired) electrons. The van der Waals surface area contributed by atoms with Gasteiger partial charge in [-0.3, -0.25) is 0 Å². The number of rotatable bonds is 6. The summed E-state index contributed by atoms with van der Waals surface area (Å²) in [5, 5.41) is 3.47. The highest BCUT2D eigenvalue weighted by molar-refractivity contribution is 5.25. The molecule has 1 atom stereocenters. The van der Waals surface area contributed by atoms with Crippen molar-refractivity contribution in [2.45, 2.75) is 40.0 Å². The van der Waals surface area contributed by atoms with E-state index in [1.807, 2.05) is 0 Å². The minimum Gasteiger partial charge on any atom is -0.316 e. The smallest absolute Gasteiger partial charge is 0.00201 e. The molecule has 0 amide bonds. The van der Waals surface area contributed by atoms with E-state index in [0.29, 0.717) is 5.92 Å². The van der Waals surface area contributed by atoms with E-state index in [1.165, 1.54) is 17.5 Å². The van der Waals surface area contributed by atoms with Gasteiger partial charge in [-0.1, -0.05) is 50.6 Å². The van der Waals surface area contributed by atoms with E-state index >= 15 is 0 Å². The van der Waals surface area contributed by atoms with Crippen LogP contribution in [0, 0.1) is 12.8 Å². The first-order valence-corrected chi connectivity index (χ1v) is 6.40. The lowest BCUT2D eigenvalue weighted by Gasteiger charge is -2.20. The van der Waals surface area contributed by atoms with Crippen molar-refractivity contribution in [2.24, 2.45) is 5.92 Å². The third-order valence-electron chi connectivity index (χ3n) is 2.91. The third kappa shape index (κ3) is 4.36. The molecule has 1 nitrogen and oxygen atoms in total. The van der Waals surface area contributed by atoms with Crippen LogP contribution >= 0.6 is 0 Å². The first-order valence-electron chi connectivity index (χ1n) is 6.40. The number of hydrogen-bond acceptors (Lipinski definition) is 1. The van der Waals surface area contributed by atoms with Gasteiger partial charge in [0.15, 0.2) is 0 Å². The Hall–Kier alpha value is -0.820. The van der Waals surface area contributed by atoms with Gasteiger partial charge in [0, 0.05) is 6.54 Å². The van der Waals surface area contributed by atoms with Crippen LogP contribution in [0.1, 0.15) is 44.2 Å². The van der Waals surface area contributed by atoms with Crippen LogP contribution in [0.2, 0.25) is 0 Å². The first kappa shape index (κ1) is 13.2. The lowest BCUT2D eigenvalue weighted by Crippen LogP contribution is -2.22. The van der Waals surface area contributed by atoms with E-state index in [-0.39, 0.29) is 0 Å². The molecular weight excluding hydrogens is 194 g/mol. The van der Waals surface area contributed by atoms with Crippen molar-refractivity contribution in [3.05, 3.63) is 35.4 Å². The number of benzene rings is 1. The molecule has 16 heavy (non-hydrogen) atoms. The Kier molecular flexibility index (Phi) is 5.54. The van der Waals surface area contributed by atoms with Gasteiger partial charge in [-0.2, -0.15) is 0 Å². The summed E-state index contributed by atoms with van der Waals surface area (Å²) in [5.41, 5.74) is 2.84. The molecule has 90 valence electrons. The number of hydrogen-bond donors (Lipinski definition) is 1. The van der Waals surface area contributed by atoms with Crippen molar-refractivity contribution >= 4 is 0 Å². The topological polar surface area (TPSA) is 12.0 Å². The summed E-state index contributed by atoms with van der Waals surface area (Å²) >= 11 is 0. The molecule has 0 spiro atoms. The predicted octanol–water partition coefficient (Wildman–Crippen LogP) is 3.73. The van der Waals surface area contributed by atoms with Crippen molar-refractivity contribution in [1.29, 1.82) is 0 Å². The van der Waals surface area contributed by atoms with Gasteiger partial charge in [0.1, 0.15) is 0 Å². The van der Waals surface area contributed by atoms with Crippen molar-refractivity contribution < 1.29 is 0 Å². The zero-order chi connectivity index (χ0) is 12.0. The SMILES string of the molecule is CCNCC(CC(C)C)c1cccc(C)c1. The fraction of sp³-hybridized carbons (Fsp3) is 0.600. The maximum absolute atomic E-state index is 3.47. The lowest BCUT2D eigenvalue weighted by atomic mass is 9.89. The van der Waals surface area contributed by atoms with Crippen LogP contribution in [-0.4, -0.2) is 13.1 Å². The molecule has 0 heterocycles. The Morgan fingerprint density at radius 2 is 2.00 bits per heavy atom. The van der Waals surface area contributed by atoms with Gasteiger partial charge < -0.3 is 5.32 Å². The second-order valence-corrected chi connectivity index (χ2v) is 5.05. The van der Waals surface area contributed by atoms with Gasteiger partial charge >= 0.3 is 0 Å². The van der Waals surface area contributed by atoms with Gasteiger partial charge in [0.2, 0.25) is 0 Å². The molecule has 1 aromatic carbocycles. The van der Waals surface area contributed by atoms with E-state index in [9.17, 15) is 0 Å². The summed E-state index contributed by atoms with van der Waals surface area (Å²) in [5.74, 6) is 1.41. The summed E-state index contributed by atoms with van der Waals surface area (Å²) < 4.78 is 0. The van der Waals surface area contributed by atoms with E-state index in [1.54, 1.807) is 0 Å². The van der Waals surface area contributed by atoms with Crippen LogP contribution in [0.5, 0.6) is 0 Å². The minimum atomic E-state index is 0.653. The molecule has 0 aromatic heterocycles. The van der Waals surface area contributed by atoms with Crippen LogP contribution in [0.25, 0.3) is 0 Å². The van der Waals surface area contributed by atoms with Crippen LogP contribution < -0.4 is 5.32 Å². The normalized spacial score (nSPS) is 13.1. The van der Waals surface area contributed by atoms with E-state index < -0.39 is 0 Å². The zero-order valence-corrected chi connectivity index (χ0v) is 11.1. The standard InChI is InChI=1S/C15H25N/c1-5-16-11-15(9-12(2)3)14-8-6-7-13(4)10-14/h6-8,10,12,15-16H,5,9,11H2,1-4H3. The largest absolute Gasteiger partial charge is 0.316 e. The number of aryl methyl sites for hydroxylation is 1. The van der Waals surface area contributed by atoms with Crippen molar-refractivity contribution in [3.8, 4) is 0 Å². The molecule has 0 aliphatic carbocycles. The summed E-state index contributed by atoms with van der Waals surface area (Å²) in [6.45, 7) is 11.1. The molecule has 0 bridgehead atoms. The molecule has 1 rings (SSSR count). The molecule has 1 heteroatoms. The molecule has 1 aromatic rings. The average molecular weight is 219 g/mol. The third-order valence-corrected chi connectivity index (χ3v) is 2.91. The maximum Gasteiger partial charge on any atom is 0.00201 e. The zero-order valence-electron chi connectivity index (χ0n) is 11.1. The maximum atomic E-state index is 3.47. The van der Waals surface area contributed by atoms with Crippen molar-refractivity contribution in [2.75, 3.05) is 13.1 Å². The molecule has 0 aliphatic heterocycles. The summed E-state index contributed by atoms with van der Waals surface area (Å²) in [6.07, 6.45) is 1.26. The fourth-order valence-corrected chi connectivity index (χ4v) is 2.15.